The monoisotopic (exact) mass is 187 g/mol. The van der Waals surface area contributed by atoms with E-state index in [0.717, 1.165) is 0 Å². The van der Waals surface area contributed by atoms with E-state index in [1.54, 1.807) is 20.8 Å². The van der Waals surface area contributed by atoms with E-state index in [2.05, 4.69) is 0 Å². The van der Waals surface area contributed by atoms with Crippen molar-refractivity contribution < 1.29 is 8.42 Å². The molecule has 1 fully saturated rings. The summed E-state index contributed by atoms with van der Waals surface area (Å²) >= 11 is 0. The second kappa shape index (κ2) is 2.23. The number of nitriles is 1. The molecule has 4 heteroatoms. The Kier molecular flexibility index (Phi) is 1.77. The lowest BCUT2D eigenvalue weighted by Crippen LogP contribution is -2.37. The Balaban J connectivity index is 3.14. The Morgan fingerprint density at radius 3 is 1.83 bits per heavy atom. The lowest BCUT2D eigenvalue weighted by Gasteiger charge is -2.22. The van der Waals surface area contributed by atoms with Crippen molar-refractivity contribution in [1.29, 1.82) is 5.26 Å². The van der Waals surface area contributed by atoms with Crippen LogP contribution in [0.15, 0.2) is 0 Å². The second-order valence-electron chi connectivity index (χ2n) is 4.22. The smallest absolute Gasteiger partial charge is 0.174 e. The normalized spacial score (nSPS) is 21.5. The standard InChI is InChI=1S/C8H13NO2S/c1-7(2,3)12(10,11)8(6-9)4-5-8/h4-5H2,1-3H3. The fraction of sp³-hybridized carbons (Fsp3) is 0.875. The molecule has 0 bridgehead atoms. The molecule has 0 N–H and O–H groups in total. The molecule has 0 aliphatic heterocycles. The molecule has 1 aliphatic carbocycles. The highest BCUT2D eigenvalue weighted by atomic mass is 32.2. The summed E-state index contributed by atoms with van der Waals surface area (Å²) in [6.07, 6.45) is 1.01. The topological polar surface area (TPSA) is 57.9 Å². The molecule has 12 heavy (non-hydrogen) atoms. The lowest BCUT2D eigenvalue weighted by atomic mass is 10.3. The van der Waals surface area contributed by atoms with E-state index in [4.69, 9.17) is 5.26 Å². The molecule has 0 atom stereocenters. The van der Waals surface area contributed by atoms with Gasteiger partial charge < -0.3 is 0 Å². The van der Waals surface area contributed by atoms with Crippen molar-refractivity contribution in [3.8, 4) is 6.07 Å². The molecule has 0 spiro atoms. The molecule has 0 aromatic heterocycles. The first-order valence-electron chi connectivity index (χ1n) is 3.92. The quantitative estimate of drug-likeness (QED) is 0.621. The van der Waals surface area contributed by atoms with Crippen LogP contribution in [-0.4, -0.2) is 17.9 Å². The number of nitrogens with zero attached hydrogens (tertiary/aromatic N) is 1. The zero-order valence-corrected chi connectivity index (χ0v) is 8.40. The number of hydrogen-bond donors (Lipinski definition) is 0. The summed E-state index contributed by atoms with van der Waals surface area (Å²) in [5, 5.41) is 8.73. The third-order valence-corrected chi connectivity index (χ3v) is 5.37. The van der Waals surface area contributed by atoms with Gasteiger partial charge >= 0.3 is 0 Å². The van der Waals surface area contributed by atoms with Gasteiger partial charge in [-0.05, 0) is 33.6 Å². The van der Waals surface area contributed by atoms with Crippen LogP contribution in [0.2, 0.25) is 0 Å². The first kappa shape index (κ1) is 9.53. The Bertz CT molecular complexity index is 325. The van der Waals surface area contributed by atoms with E-state index in [0.29, 0.717) is 12.8 Å². The Labute approximate surface area is 73.3 Å². The van der Waals surface area contributed by atoms with Gasteiger partial charge in [0, 0.05) is 0 Å². The number of hydrogen-bond acceptors (Lipinski definition) is 3. The molecule has 1 rings (SSSR count). The number of sulfone groups is 1. The summed E-state index contributed by atoms with van der Waals surface area (Å²) in [5.74, 6) is 0. The van der Waals surface area contributed by atoms with Crippen LogP contribution in [0.5, 0.6) is 0 Å². The van der Waals surface area contributed by atoms with Crippen molar-refractivity contribution in [2.45, 2.75) is 43.1 Å². The Morgan fingerprint density at radius 2 is 1.75 bits per heavy atom. The average molecular weight is 187 g/mol. The number of rotatable bonds is 1. The minimum absolute atomic E-state index is 0.503. The molecular weight excluding hydrogens is 174 g/mol. The minimum atomic E-state index is -3.28. The van der Waals surface area contributed by atoms with Crippen LogP contribution in [0.4, 0.5) is 0 Å². The van der Waals surface area contributed by atoms with Crippen LogP contribution in [0, 0.1) is 11.3 Å². The summed E-state index contributed by atoms with van der Waals surface area (Å²) < 4.78 is 21.6. The summed E-state index contributed by atoms with van der Waals surface area (Å²) in [7, 11) is -3.28. The first-order valence-corrected chi connectivity index (χ1v) is 5.41. The molecule has 0 radical (unpaired) electrons. The fourth-order valence-electron chi connectivity index (χ4n) is 1.14. The molecule has 0 aromatic rings. The molecule has 68 valence electrons. The maximum absolute atomic E-state index is 11.7. The minimum Gasteiger partial charge on any atom is -0.227 e. The summed E-state index contributed by atoms with van der Waals surface area (Å²) in [6.45, 7) is 4.92. The molecule has 0 amide bonds. The molecular formula is C8H13NO2S. The molecule has 1 aliphatic rings. The van der Waals surface area contributed by atoms with E-state index in [1.165, 1.54) is 0 Å². The molecule has 1 saturated carbocycles. The van der Waals surface area contributed by atoms with Gasteiger partial charge in [0.15, 0.2) is 14.6 Å². The fourth-order valence-corrected chi connectivity index (χ4v) is 3.07. The predicted octanol–water partition coefficient (Wildman–Crippen LogP) is 1.26. The van der Waals surface area contributed by atoms with Gasteiger partial charge in [-0.1, -0.05) is 0 Å². The SMILES string of the molecule is CC(C)(C)S(=O)(=O)C1(C#N)CC1. The van der Waals surface area contributed by atoms with Gasteiger partial charge in [0.2, 0.25) is 0 Å². The highest BCUT2D eigenvalue weighted by Gasteiger charge is 2.59. The van der Waals surface area contributed by atoms with Gasteiger partial charge in [-0.25, -0.2) is 8.42 Å². The predicted molar refractivity (Wildman–Crippen MR) is 46.3 cm³/mol. The van der Waals surface area contributed by atoms with Gasteiger partial charge in [-0.2, -0.15) is 5.26 Å². The van der Waals surface area contributed by atoms with Gasteiger partial charge in [0.1, 0.15) is 0 Å². The maximum Gasteiger partial charge on any atom is 0.174 e. The van der Waals surface area contributed by atoms with E-state index in [-0.39, 0.29) is 0 Å². The van der Waals surface area contributed by atoms with Gasteiger partial charge in [0.05, 0.1) is 10.8 Å². The highest BCUT2D eigenvalue weighted by molar-refractivity contribution is 7.94. The third kappa shape index (κ3) is 1.04. The van der Waals surface area contributed by atoms with Gasteiger partial charge in [0.25, 0.3) is 0 Å². The zero-order valence-electron chi connectivity index (χ0n) is 7.59. The van der Waals surface area contributed by atoms with E-state index < -0.39 is 19.3 Å². The molecule has 0 aromatic carbocycles. The Morgan fingerprint density at radius 1 is 1.33 bits per heavy atom. The zero-order chi connectivity index (χ0) is 9.62. The van der Waals surface area contributed by atoms with Crippen molar-refractivity contribution in [2.75, 3.05) is 0 Å². The molecule has 3 nitrogen and oxygen atoms in total. The Hall–Kier alpha value is -0.560. The van der Waals surface area contributed by atoms with Crippen molar-refractivity contribution in [3.63, 3.8) is 0 Å². The van der Waals surface area contributed by atoms with Crippen LogP contribution < -0.4 is 0 Å². The molecule has 0 heterocycles. The van der Waals surface area contributed by atoms with Crippen molar-refractivity contribution >= 4 is 9.84 Å². The summed E-state index contributed by atoms with van der Waals surface area (Å²) in [5.41, 5.74) is 0. The third-order valence-electron chi connectivity index (χ3n) is 2.23. The summed E-state index contributed by atoms with van der Waals surface area (Å²) in [6, 6.07) is 1.91. The average Bonchev–Trinajstić information content (AvgIpc) is 2.64. The van der Waals surface area contributed by atoms with Crippen LogP contribution >= 0.6 is 0 Å². The lowest BCUT2D eigenvalue weighted by molar-refractivity contribution is 0.551. The van der Waals surface area contributed by atoms with E-state index in [1.807, 2.05) is 6.07 Å². The van der Waals surface area contributed by atoms with Crippen LogP contribution in [-0.2, 0) is 9.84 Å². The van der Waals surface area contributed by atoms with E-state index >= 15 is 0 Å². The summed E-state index contributed by atoms with van der Waals surface area (Å²) in [4.78, 5) is 0. The molecule has 0 saturated heterocycles. The first-order chi connectivity index (χ1) is 5.27. The van der Waals surface area contributed by atoms with Crippen molar-refractivity contribution in [3.05, 3.63) is 0 Å². The molecule has 0 unspecified atom stereocenters. The van der Waals surface area contributed by atoms with Crippen molar-refractivity contribution in [1.82, 2.24) is 0 Å². The van der Waals surface area contributed by atoms with Gasteiger partial charge in [-0.15, -0.1) is 0 Å². The van der Waals surface area contributed by atoms with E-state index in [9.17, 15) is 8.42 Å². The van der Waals surface area contributed by atoms with Crippen molar-refractivity contribution in [2.24, 2.45) is 0 Å². The maximum atomic E-state index is 11.7. The second-order valence-corrected chi connectivity index (χ2v) is 7.23. The highest BCUT2D eigenvalue weighted by Crippen LogP contribution is 2.47. The van der Waals surface area contributed by atoms with Gasteiger partial charge in [-0.3, -0.25) is 0 Å². The largest absolute Gasteiger partial charge is 0.227 e. The van der Waals surface area contributed by atoms with Crippen LogP contribution in [0.1, 0.15) is 33.6 Å². The van der Waals surface area contributed by atoms with Crippen LogP contribution in [0.3, 0.4) is 0 Å². The van der Waals surface area contributed by atoms with Crippen LogP contribution in [0.25, 0.3) is 0 Å².